The Hall–Kier alpha value is -2.11. The lowest BCUT2D eigenvalue weighted by atomic mass is 10.2. The van der Waals surface area contributed by atoms with E-state index in [2.05, 4.69) is 10.3 Å². The summed E-state index contributed by atoms with van der Waals surface area (Å²) in [5.41, 5.74) is 0.296. The van der Waals surface area contributed by atoms with Crippen molar-refractivity contribution in [1.82, 2.24) is 15.2 Å². The number of nitrogens with zero attached hydrogens (tertiary/aromatic N) is 2. The predicted molar refractivity (Wildman–Crippen MR) is 73.5 cm³/mol. The lowest BCUT2D eigenvalue weighted by Crippen LogP contribution is -2.54. The van der Waals surface area contributed by atoms with E-state index in [4.69, 9.17) is 4.74 Å². The van der Waals surface area contributed by atoms with Gasteiger partial charge in [0.05, 0.1) is 12.6 Å². The molecule has 20 heavy (non-hydrogen) atoms. The summed E-state index contributed by atoms with van der Waals surface area (Å²) in [6, 6.07) is 5.02. The Morgan fingerprint density at radius 1 is 1.50 bits per heavy atom. The van der Waals surface area contributed by atoms with Crippen molar-refractivity contribution in [3.05, 3.63) is 23.9 Å². The van der Waals surface area contributed by atoms with Crippen LogP contribution in [0, 0.1) is 0 Å². The van der Waals surface area contributed by atoms with Crippen molar-refractivity contribution in [3.63, 3.8) is 0 Å². The van der Waals surface area contributed by atoms with E-state index in [0.717, 1.165) is 0 Å². The molecule has 0 spiro atoms. The van der Waals surface area contributed by atoms with Gasteiger partial charge < -0.3 is 15.0 Å². The standard InChI is InChI=1S/C14H19N3O3/c1-9(2)20-13-6-4-5-11(16-13)14(19)17-7-10(3)15-12(18)8-17/h4-6,9-10H,7-8H2,1-3H3,(H,15,18). The number of carbonyl (C=O) groups excluding carboxylic acids is 2. The third kappa shape index (κ3) is 3.46. The lowest BCUT2D eigenvalue weighted by Gasteiger charge is -2.30. The van der Waals surface area contributed by atoms with Gasteiger partial charge in [0.1, 0.15) is 5.69 Å². The summed E-state index contributed by atoms with van der Waals surface area (Å²) >= 11 is 0. The summed E-state index contributed by atoms with van der Waals surface area (Å²) in [7, 11) is 0. The van der Waals surface area contributed by atoms with Crippen molar-refractivity contribution in [2.75, 3.05) is 13.1 Å². The van der Waals surface area contributed by atoms with Gasteiger partial charge in [0.15, 0.2) is 0 Å². The molecule has 0 radical (unpaired) electrons. The molecule has 0 aromatic carbocycles. The number of carbonyl (C=O) groups is 2. The molecule has 6 heteroatoms. The largest absolute Gasteiger partial charge is 0.475 e. The monoisotopic (exact) mass is 277 g/mol. The maximum absolute atomic E-state index is 12.4. The van der Waals surface area contributed by atoms with Gasteiger partial charge in [-0.25, -0.2) is 4.98 Å². The number of pyridine rings is 1. The van der Waals surface area contributed by atoms with E-state index in [1.54, 1.807) is 18.2 Å². The molecule has 1 aliphatic rings. The van der Waals surface area contributed by atoms with Crippen LogP contribution in [0.5, 0.6) is 5.88 Å². The number of amides is 2. The Kier molecular flexibility index (Phi) is 4.22. The van der Waals surface area contributed by atoms with Crippen LogP contribution in [0.1, 0.15) is 31.3 Å². The molecule has 2 heterocycles. The number of hydrogen-bond acceptors (Lipinski definition) is 4. The zero-order valence-electron chi connectivity index (χ0n) is 11.9. The highest BCUT2D eigenvalue weighted by Crippen LogP contribution is 2.12. The second-order valence-corrected chi connectivity index (χ2v) is 5.18. The fraction of sp³-hybridized carbons (Fsp3) is 0.500. The zero-order chi connectivity index (χ0) is 14.7. The van der Waals surface area contributed by atoms with Gasteiger partial charge in [-0.2, -0.15) is 0 Å². The van der Waals surface area contributed by atoms with Crippen molar-refractivity contribution in [2.45, 2.75) is 32.9 Å². The number of aromatic nitrogens is 1. The van der Waals surface area contributed by atoms with E-state index < -0.39 is 0 Å². The number of nitrogens with one attached hydrogen (secondary N) is 1. The van der Waals surface area contributed by atoms with Gasteiger partial charge >= 0.3 is 0 Å². The molecule has 0 bridgehead atoms. The molecule has 1 aliphatic heterocycles. The lowest BCUT2D eigenvalue weighted by molar-refractivity contribution is -0.124. The highest BCUT2D eigenvalue weighted by Gasteiger charge is 2.27. The Bertz CT molecular complexity index is 516. The molecular weight excluding hydrogens is 258 g/mol. The van der Waals surface area contributed by atoms with E-state index in [-0.39, 0.29) is 30.5 Å². The van der Waals surface area contributed by atoms with Crippen molar-refractivity contribution in [1.29, 1.82) is 0 Å². The van der Waals surface area contributed by atoms with E-state index in [1.807, 2.05) is 20.8 Å². The molecule has 1 aromatic rings. The summed E-state index contributed by atoms with van der Waals surface area (Å²) in [5, 5.41) is 2.78. The number of ether oxygens (including phenoxy) is 1. The summed E-state index contributed by atoms with van der Waals surface area (Å²) in [5.74, 6) is 0.0213. The Morgan fingerprint density at radius 3 is 2.90 bits per heavy atom. The van der Waals surface area contributed by atoms with Crippen LogP contribution in [-0.2, 0) is 4.79 Å². The molecular formula is C14H19N3O3. The minimum atomic E-state index is -0.249. The first-order chi connectivity index (χ1) is 9.45. The smallest absolute Gasteiger partial charge is 0.273 e. The van der Waals surface area contributed by atoms with Crippen LogP contribution in [0.15, 0.2) is 18.2 Å². The van der Waals surface area contributed by atoms with Crippen molar-refractivity contribution >= 4 is 11.8 Å². The van der Waals surface area contributed by atoms with Crippen molar-refractivity contribution < 1.29 is 14.3 Å². The van der Waals surface area contributed by atoms with Gasteiger partial charge in [0.2, 0.25) is 11.8 Å². The van der Waals surface area contributed by atoms with Gasteiger partial charge in [-0.15, -0.1) is 0 Å². The maximum atomic E-state index is 12.4. The summed E-state index contributed by atoms with van der Waals surface area (Å²) in [6.45, 7) is 6.21. The number of hydrogen-bond donors (Lipinski definition) is 1. The molecule has 108 valence electrons. The third-order valence-corrected chi connectivity index (χ3v) is 2.82. The molecule has 1 fully saturated rings. The van der Waals surface area contributed by atoms with E-state index in [1.165, 1.54) is 4.90 Å². The summed E-state index contributed by atoms with van der Waals surface area (Å²) in [4.78, 5) is 29.5. The molecule has 1 N–H and O–H groups in total. The van der Waals surface area contributed by atoms with Gasteiger partial charge in [0, 0.05) is 18.7 Å². The quantitative estimate of drug-likeness (QED) is 0.888. The molecule has 0 aliphatic carbocycles. The maximum Gasteiger partial charge on any atom is 0.273 e. The van der Waals surface area contributed by atoms with Crippen LogP contribution in [-0.4, -0.2) is 46.9 Å². The number of piperazine rings is 1. The Labute approximate surface area is 118 Å². The molecule has 1 saturated heterocycles. The zero-order valence-corrected chi connectivity index (χ0v) is 11.9. The average Bonchev–Trinajstić information content (AvgIpc) is 2.36. The first-order valence-electron chi connectivity index (χ1n) is 6.68. The first kappa shape index (κ1) is 14.3. The van der Waals surface area contributed by atoms with Crippen molar-refractivity contribution in [2.24, 2.45) is 0 Å². The van der Waals surface area contributed by atoms with Crippen LogP contribution in [0.2, 0.25) is 0 Å². The van der Waals surface area contributed by atoms with Crippen LogP contribution in [0.3, 0.4) is 0 Å². The molecule has 0 saturated carbocycles. The fourth-order valence-electron chi connectivity index (χ4n) is 2.09. The SMILES string of the molecule is CC1CN(C(=O)c2cccc(OC(C)C)n2)CC(=O)N1. The fourth-order valence-corrected chi connectivity index (χ4v) is 2.09. The second kappa shape index (κ2) is 5.90. The third-order valence-electron chi connectivity index (χ3n) is 2.82. The van der Waals surface area contributed by atoms with Crippen LogP contribution >= 0.6 is 0 Å². The van der Waals surface area contributed by atoms with Crippen LogP contribution in [0.4, 0.5) is 0 Å². The summed E-state index contributed by atoms with van der Waals surface area (Å²) in [6.07, 6.45) is -0.00589. The summed E-state index contributed by atoms with van der Waals surface area (Å²) < 4.78 is 5.47. The van der Waals surface area contributed by atoms with Crippen molar-refractivity contribution in [3.8, 4) is 5.88 Å². The molecule has 1 unspecified atom stereocenters. The molecule has 1 aromatic heterocycles. The minimum absolute atomic E-state index is 0.00589. The average molecular weight is 277 g/mol. The van der Waals surface area contributed by atoms with Crippen LogP contribution < -0.4 is 10.1 Å². The Balaban J connectivity index is 2.14. The molecule has 2 amide bonds. The molecule has 1 atom stereocenters. The van der Waals surface area contributed by atoms with Gasteiger partial charge in [-0.1, -0.05) is 6.07 Å². The van der Waals surface area contributed by atoms with E-state index in [9.17, 15) is 9.59 Å². The van der Waals surface area contributed by atoms with E-state index in [0.29, 0.717) is 18.1 Å². The second-order valence-electron chi connectivity index (χ2n) is 5.18. The Morgan fingerprint density at radius 2 is 2.25 bits per heavy atom. The molecule has 6 nitrogen and oxygen atoms in total. The number of rotatable bonds is 3. The predicted octanol–water partition coefficient (Wildman–Crippen LogP) is 0.829. The highest BCUT2D eigenvalue weighted by atomic mass is 16.5. The normalized spacial score (nSPS) is 18.9. The molecule has 2 rings (SSSR count). The minimum Gasteiger partial charge on any atom is -0.475 e. The van der Waals surface area contributed by atoms with Gasteiger partial charge in [-0.05, 0) is 26.8 Å². The first-order valence-corrected chi connectivity index (χ1v) is 6.68. The highest BCUT2D eigenvalue weighted by molar-refractivity contribution is 5.95. The van der Waals surface area contributed by atoms with Crippen LogP contribution in [0.25, 0.3) is 0 Å². The van der Waals surface area contributed by atoms with Gasteiger partial charge in [-0.3, -0.25) is 9.59 Å². The topological polar surface area (TPSA) is 71.5 Å². The van der Waals surface area contributed by atoms with Gasteiger partial charge in [0.25, 0.3) is 5.91 Å². The van der Waals surface area contributed by atoms with E-state index >= 15 is 0 Å².